The first-order valence-corrected chi connectivity index (χ1v) is 14.5. The van der Waals surface area contributed by atoms with E-state index in [1.165, 1.54) is 11.1 Å². The van der Waals surface area contributed by atoms with Crippen molar-refractivity contribution in [1.29, 1.82) is 0 Å². The number of amides is 2. The standard InChI is InChI=1S/C31H35ClN2O2S/c1-23-10-5-6-14-26(23)21-37-22-30(35)34(20-25-13-9-15-27(32)18-25)29(19-24-11-3-2-4-12-24)31(36)33-28-16-7-8-17-28/h2-6,9-15,18,28-29H,7-8,16-17,19-22H2,1H3,(H,33,36)/t29-/m1/s1. The number of hydrogen-bond acceptors (Lipinski definition) is 3. The Bertz CT molecular complexity index is 1180. The van der Waals surface area contributed by atoms with Gasteiger partial charge < -0.3 is 10.2 Å². The summed E-state index contributed by atoms with van der Waals surface area (Å²) < 4.78 is 0. The Morgan fingerprint density at radius 3 is 2.41 bits per heavy atom. The molecule has 0 heterocycles. The molecule has 0 radical (unpaired) electrons. The zero-order valence-corrected chi connectivity index (χ0v) is 22.9. The molecule has 1 aliphatic rings. The van der Waals surface area contributed by atoms with E-state index in [4.69, 9.17) is 11.6 Å². The van der Waals surface area contributed by atoms with E-state index in [0.717, 1.165) is 42.6 Å². The zero-order valence-electron chi connectivity index (χ0n) is 21.4. The summed E-state index contributed by atoms with van der Waals surface area (Å²) in [6, 6.07) is 25.3. The van der Waals surface area contributed by atoms with Crippen LogP contribution >= 0.6 is 23.4 Å². The van der Waals surface area contributed by atoms with Crippen LogP contribution in [-0.2, 0) is 28.3 Å². The van der Waals surface area contributed by atoms with Crippen LogP contribution < -0.4 is 5.32 Å². The van der Waals surface area contributed by atoms with E-state index < -0.39 is 6.04 Å². The number of carbonyl (C=O) groups excluding carboxylic acids is 2. The molecule has 1 atom stereocenters. The molecule has 37 heavy (non-hydrogen) atoms. The maximum atomic E-state index is 13.8. The molecular weight excluding hydrogens is 500 g/mol. The summed E-state index contributed by atoms with van der Waals surface area (Å²) in [5, 5.41) is 3.87. The Morgan fingerprint density at radius 2 is 1.68 bits per heavy atom. The van der Waals surface area contributed by atoms with Crippen LogP contribution in [0, 0.1) is 6.92 Å². The molecule has 1 aliphatic carbocycles. The Balaban J connectivity index is 1.57. The van der Waals surface area contributed by atoms with E-state index in [2.05, 4.69) is 24.4 Å². The highest BCUT2D eigenvalue weighted by Gasteiger charge is 2.32. The lowest BCUT2D eigenvalue weighted by atomic mass is 10.0. The average molecular weight is 535 g/mol. The van der Waals surface area contributed by atoms with Crippen LogP contribution in [0.3, 0.4) is 0 Å². The molecule has 2 amide bonds. The summed E-state index contributed by atoms with van der Waals surface area (Å²) in [6.45, 7) is 2.42. The quantitative estimate of drug-likeness (QED) is 0.302. The van der Waals surface area contributed by atoms with Crippen LogP contribution in [0.15, 0.2) is 78.9 Å². The zero-order chi connectivity index (χ0) is 26.0. The first kappa shape index (κ1) is 27.3. The Kier molecular flexibility index (Phi) is 10.1. The second-order valence-electron chi connectivity index (χ2n) is 9.77. The third-order valence-electron chi connectivity index (χ3n) is 6.96. The van der Waals surface area contributed by atoms with Gasteiger partial charge in [-0.15, -0.1) is 11.8 Å². The number of nitrogens with one attached hydrogen (secondary N) is 1. The van der Waals surface area contributed by atoms with Gasteiger partial charge in [-0.25, -0.2) is 0 Å². The lowest BCUT2D eigenvalue weighted by molar-refractivity contribution is -0.139. The summed E-state index contributed by atoms with van der Waals surface area (Å²) in [5.74, 6) is 0.939. The van der Waals surface area contributed by atoms with Gasteiger partial charge in [0.2, 0.25) is 11.8 Å². The highest BCUT2D eigenvalue weighted by Crippen LogP contribution is 2.22. The maximum absolute atomic E-state index is 13.8. The van der Waals surface area contributed by atoms with Gasteiger partial charge in [-0.1, -0.05) is 91.2 Å². The second-order valence-corrected chi connectivity index (χ2v) is 11.2. The molecule has 1 N–H and O–H groups in total. The van der Waals surface area contributed by atoms with Crippen LogP contribution in [0.1, 0.15) is 47.9 Å². The molecule has 1 fully saturated rings. The van der Waals surface area contributed by atoms with Crippen molar-refractivity contribution in [2.45, 2.75) is 63.4 Å². The number of benzene rings is 3. The predicted molar refractivity (Wildman–Crippen MR) is 154 cm³/mol. The predicted octanol–water partition coefficient (Wildman–Crippen LogP) is 6.58. The summed E-state index contributed by atoms with van der Waals surface area (Å²) >= 11 is 7.86. The molecular formula is C31H35ClN2O2S. The minimum atomic E-state index is -0.603. The first-order valence-electron chi connectivity index (χ1n) is 13.0. The second kappa shape index (κ2) is 13.7. The number of thioether (sulfide) groups is 1. The molecule has 0 bridgehead atoms. The van der Waals surface area contributed by atoms with Gasteiger partial charge in [-0.2, -0.15) is 0 Å². The van der Waals surface area contributed by atoms with Crippen molar-refractivity contribution in [2.75, 3.05) is 5.75 Å². The lowest BCUT2D eigenvalue weighted by Crippen LogP contribution is -2.52. The van der Waals surface area contributed by atoms with E-state index in [9.17, 15) is 9.59 Å². The van der Waals surface area contributed by atoms with Crippen molar-refractivity contribution in [3.63, 3.8) is 0 Å². The Labute approximate surface area is 229 Å². The molecule has 4 nitrogen and oxygen atoms in total. The van der Waals surface area contributed by atoms with E-state index in [1.807, 2.05) is 66.7 Å². The van der Waals surface area contributed by atoms with E-state index in [0.29, 0.717) is 23.7 Å². The third kappa shape index (κ3) is 8.11. The summed E-state index contributed by atoms with van der Waals surface area (Å²) in [7, 11) is 0. The van der Waals surface area contributed by atoms with Gasteiger partial charge >= 0.3 is 0 Å². The Hall–Kier alpha value is -2.76. The van der Waals surface area contributed by atoms with E-state index in [-0.39, 0.29) is 17.9 Å². The number of nitrogens with zero attached hydrogens (tertiary/aromatic N) is 1. The average Bonchev–Trinajstić information content (AvgIpc) is 3.41. The molecule has 0 spiro atoms. The minimum Gasteiger partial charge on any atom is -0.352 e. The molecule has 0 unspecified atom stereocenters. The molecule has 4 rings (SSSR count). The number of carbonyl (C=O) groups is 2. The van der Waals surface area contributed by atoms with Gasteiger partial charge in [0.15, 0.2) is 0 Å². The van der Waals surface area contributed by atoms with Gasteiger partial charge in [0.05, 0.1) is 5.75 Å². The normalized spacial score (nSPS) is 14.3. The van der Waals surface area contributed by atoms with Crippen molar-refractivity contribution in [3.8, 4) is 0 Å². The smallest absolute Gasteiger partial charge is 0.243 e. The SMILES string of the molecule is Cc1ccccc1CSCC(=O)N(Cc1cccc(Cl)c1)[C@H](Cc1ccccc1)C(=O)NC1CCCC1. The van der Waals surface area contributed by atoms with Gasteiger partial charge in [0, 0.05) is 29.8 Å². The number of rotatable bonds is 11. The van der Waals surface area contributed by atoms with Crippen LogP contribution in [0.25, 0.3) is 0 Å². The monoisotopic (exact) mass is 534 g/mol. The summed E-state index contributed by atoms with van der Waals surface area (Å²) in [5.41, 5.74) is 4.39. The fourth-order valence-electron chi connectivity index (χ4n) is 4.86. The highest BCUT2D eigenvalue weighted by molar-refractivity contribution is 7.99. The molecule has 1 saturated carbocycles. The Morgan fingerprint density at radius 1 is 0.973 bits per heavy atom. The fourth-order valence-corrected chi connectivity index (χ4v) is 6.06. The van der Waals surface area contributed by atoms with Gasteiger partial charge in [-0.3, -0.25) is 9.59 Å². The summed E-state index contributed by atoms with van der Waals surface area (Å²) in [4.78, 5) is 29.2. The molecule has 6 heteroatoms. The lowest BCUT2D eigenvalue weighted by Gasteiger charge is -2.32. The number of aryl methyl sites for hydroxylation is 1. The van der Waals surface area contributed by atoms with E-state index in [1.54, 1.807) is 16.7 Å². The van der Waals surface area contributed by atoms with Crippen molar-refractivity contribution in [3.05, 3.63) is 106 Å². The van der Waals surface area contributed by atoms with Gasteiger partial charge in [0.25, 0.3) is 0 Å². The third-order valence-corrected chi connectivity index (χ3v) is 8.16. The molecule has 3 aromatic carbocycles. The number of halogens is 1. The molecule has 0 aliphatic heterocycles. The van der Waals surface area contributed by atoms with Gasteiger partial charge in [0.1, 0.15) is 6.04 Å². The topological polar surface area (TPSA) is 49.4 Å². The molecule has 0 aromatic heterocycles. The van der Waals surface area contributed by atoms with Crippen molar-refractivity contribution in [2.24, 2.45) is 0 Å². The van der Waals surface area contributed by atoms with Crippen molar-refractivity contribution in [1.82, 2.24) is 10.2 Å². The highest BCUT2D eigenvalue weighted by atomic mass is 35.5. The fraction of sp³-hybridized carbons (Fsp3) is 0.355. The molecule has 194 valence electrons. The van der Waals surface area contributed by atoms with Crippen LogP contribution in [0.4, 0.5) is 0 Å². The first-order chi connectivity index (χ1) is 18.0. The van der Waals surface area contributed by atoms with Crippen LogP contribution in [0.5, 0.6) is 0 Å². The van der Waals surface area contributed by atoms with Gasteiger partial charge in [-0.05, 0) is 54.2 Å². The molecule has 3 aromatic rings. The van der Waals surface area contributed by atoms with E-state index >= 15 is 0 Å². The molecule has 0 saturated heterocycles. The van der Waals surface area contributed by atoms with Crippen molar-refractivity contribution >= 4 is 35.2 Å². The van der Waals surface area contributed by atoms with Crippen molar-refractivity contribution < 1.29 is 9.59 Å². The number of hydrogen-bond donors (Lipinski definition) is 1. The summed E-state index contributed by atoms with van der Waals surface area (Å²) in [6.07, 6.45) is 4.73. The maximum Gasteiger partial charge on any atom is 0.243 e. The minimum absolute atomic E-state index is 0.0407. The van der Waals surface area contributed by atoms with Crippen LogP contribution in [0.2, 0.25) is 5.02 Å². The van der Waals surface area contributed by atoms with Crippen LogP contribution in [-0.4, -0.2) is 34.6 Å². The largest absolute Gasteiger partial charge is 0.352 e.